The van der Waals surface area contributed by atoms with E-state index in [-0.39, 0.29) is 5.75 Å². The van der Waals surface area contributed by atoms with Gasteiger partial charge >= 0.3 is 5.97 Å². The van der Waals surface area contributed by atoms with E-state index >= 15 is 4.39 Å². The molecule has 2 aliphatic heterocycles. The third-order valence-corrected chi connectivity index (χ3v) is 9.54. The minimum absolute atomic E-state index is 0.279. The molecule has 11 heteroatoms. The van der Waals surface area contributed by atoms with Crippen LogP contribution < -0.4 is 9.64 Å². The molecule has 0 unspecified atom stereocenters. The molecular weight excluding hydrogens is 581 g/mol. The molecule has 0 bridgehead atoms. The maximum Gasteiger partial charge on any atom is 0.337 e. The van der Waals surface area contributed by atoms with Crippen molar-refractivity contribution in [3.8, 4) is 28.4 Å². The topological polar surface area (TPSA) is 103 Å². The largest absolute Gasteiger partial charge is 0.490 e. The number of hydrogen-bond donors (Lipinski definition) is 1. The molecule has 0 spiro atoms. The summed E-state index contributed by atoms with van der Waals surface area (Å²) in [6.45, 7) is 13.9. The highest BCUT2D eigenvalue weighted by atomic mass is 32.1. The number of piperidine rings is 1. The number of nitrogens with zero attached hydrogens (tertiary/aromatic N) is 5. The lowest BCUT2D eigenvalue weighted by molar-refractivity contribution is -0.160. The van der Waals surface area contributed by atoms with E-state index in [9.17, 15) is 9.90 Å². The number of carbonyl (C=O) groups is 1. The van der Waals surface area contributed by atoms with Gasteiger partial charge in [-0.15, -0.1) is 0 Å². The maximum absolute atomic E-state index is 15.7. The molecule has 1 atom stereocenters. The molecule has 1 saturated heterocycles. The van der Waals surface area contributed by atoms with Crippen LogP contribution in [0.5, 0.6) is 5.75 Å². The van der Waals surface area contributed by atoms with Crippen LogP contribution in [0, 0.1) is 25.6 Å². The molecule has 6 rings (SSSR count). The molecular formula is C33H40FN5O4S. The molecule has 234 valence electrons. The van der Waals surface area contributed by atoms with Gasteiger partial charge in [0, 0.05) is 59.4 Å². The second-order valence-electron chi connectivity index (χ2n) is 13.1. The molecule has 0 amide bonds. The fourth-order valence-corrected chi connectivity index (χ4v) is 7.16. The van der Waals surface area contributed by atoms with Crippen LogP contribution in [0.3, 0.4) is 0 Å². The van der Waals surface area contributed by atoms with Crippen molar-refractivity contribution in [3.63, 3.8) is 0 Å². The smallest absolute Gasteiger partial charge is 0.337 e. The van der Waals surface area contributed by atoms with Gasteiger partial charge in [-0.2, -0.15) is 9.36 Å². The Morgan fingerprint density at radius 1 is 1.20 bits per heavy atom. The summed E-state index contributed by atoms with van der Waals surface area (Å²) < 4.78 is 34.3. The molecule has 44 heavy (non-hydrogen) atoms. The van der Waals surface area contributed by atoms with Gasteiger partial charge in [0.2, 0.25) is 5.13 Å². The molecule has 5 heterocycles. The highest BCUT2D eigenvalue weighted by Gasteiger charge is 2.35. The standard InChI is InChI=1S/C33H40FN5O4S/c1-17-10-12-39(13-11-17)32-36-29(37-44-32)24-16-22-26(21-15-23(34)27-20(18(21)2)9-8-14-42-27)25(19(3)35-30(22)38(24)7)28(31(40)41)43-33(4,5)6/h15-17,28H,8-14H2,1-7H3,(H,40,41)/t28-/m0/s1. The molecule has 1 aromatic carbocycles. The third-order valence-electron chi connectivity index (χ3n) is 8.77. The van der Waals surface area contributed by atoms with Gasteiger partial charge in [0.05, 0.1) is 17.9 Å². The van der Waals surface area contributed by atoms with Gasteiger partial charge < -0.3 is 24.0 Å². The number of pyridine rings is 1. The van der Waals surface area contributed by atoms with Crippen LogP contribution in [0.1, 0.15) is 75.4 Å². The van der Waals surface area contributed by atoms with E-state index in [1.165, 1.54) is 17.6 Å². The van der Waals surface area contributed by atoms with Crippen molar-refractivity contribution in [2.45, 2.75) is 78.9 Å². The Hall–Kier alpha value is -3.57. The quantitative estimate of drug-likeness (QED) is 0.245. The van der Waals surface area contributed by atoms with Gasteiger partial charge in [-0.25, -0.2) is 14.2 Å². The van der Waals surface area contributed by atoms with Gasteiger partial charge in [-0.05, 0) is 89.5 Å². The summed E-state index contributed by atoms with van der Waals surface area (Å²) in [5.74, 6) is -0.0318. The maximum atomic E-state index is 15.7. The molecule has 3 aromatic heterocycles. The number of carboxylic acid groups (broad SMARTS) is 1. The van der Waals surface area contributed by atoms with Crippen LogP contribution in [-0.4, -0.2) is 55.3 Å². The Bertz CT molecular complexity index is 1750. The molecule has 0 aliphatic carbocycles. The van der Waals surface area contributed by atoms with E-state index in [4.69, 9.17) is 23.8 Å². The fraction of sp³-hybridized carbons (Fsp3) is 0.515. The minimum Gasteiger partial charge on any atom is -0.490 e. The van der Waals surface area contributed by atoms with E-state index in [1.807, 2.05) is 45.4 Å². The van der Waals surface area contributed by atoms with Gasteiger partial charge in [-0.1, -0.05) is 6.92 Å². The molecule has 2 aliphatic rings. The molecule has 0 saturated carbocycles. The second-order valence-corrected chi connectivity index (χ2v) is 13.9. The summed E-state index contributed by atoms with van der Waals surface area (Å²) in [7, 11) is 1.91. The molecule has 0 radical (unpaired) electrons. The van der Waals surface area contributed by atoms with Crippen LogP contribution in [-0.2, 0) is 23.0 Å². The number of aryl methyl sites for hydroxylation is 2. The number of anilines is 1. The predicted octanol–water partition coefficient (Wildman–Crippen LogP) is 7.02. The van der Waals surface area contributed by atoms with Crippen molar-refractivity contribution < 1.29 is 23.8 Å². The number of rotatable bonds is 6. The first-order valence-corrected chi connectivity index (χ1v) is 16.1. The zero-order valence-electron chi connectivity index (χ0n) is 26.5. The van der Waals surface area contributed by atoms with Crippen LogP contribution >= 0.6 is 11.5 Å². The van der Waals surface area contributed by atoms with Gasteiger partial charge in [0.1, 0.15) is 5.65 Å². The van der Waals surface area contributed by atoms with Gasteiger partial charge in [-0.3, -0.25) is 0 Å². The summed E-state index contributed by atoms with van der Waals surface area (Å²) >= 11 is 1.38. The number of aromatic nitrogens is 4. The normalized spacial score (nSPS) is 16.7. The predicted molar refractivity (Wildman–Crippen MR) is 170 cm³/mol. The monoisotopic (exact) mass is 621 g/mol. The Morgan fingerprint density at radius 2 is 1.93 bits per heavy atom. The van der Waals surface area contributed by atoms with E-state index in [0.717, 1.165) is 54.3 Å². The van der Waals surface area contributed by atoms with E-state index in [1.54, 1.807) is 6.92 Å². The summed E-state index contributed by atoms with van der Waals surface area (Å²) in [5.41, 5.74) is 4.39. The highest BCUT2D eigenvalue weighted by molar-refractivity contribution is 7.09. The zero-order chi connectivity index (χ0) is 31.5. The first kappa shape index (κ1) is 30.5. The first-order chi connectivity index (χ1) is 20.8. The van der Waals surface area contributed by atoms with Crippen molar-refractivity contribution in [3.05, 3.63) is 40.3 Å². The number of benzene rings is 1. The third kappa shape index (κ3) is 5.45. The van der Waals surface area contributed by atoms with Crippen LogP contribution in [0.4, 0.5) is 9.52 Å². The van der Waals surface area contributed by atoms with Gasteiger partial charge in [0.15, 0.2) is 23.5 Å². The van der Waals surface area contributed by atoms with E-state index < -0.39 is 23.5 Å². The van der Waals surface area contributed by atoms with Gasteiger partial charge in [0.25, 0.3) is 0 Å². The van der Waals surface area contributed by atoms with E-state index in [0.29, 0.717) is 58.2 Å². The Balaban J connectivity index is 1.59. The lowest BCUT2D eigenvalue weighted by atomic mass is 9.86. The molecule has 4 aromatic rings. The number of hydrogen-bond acceptors (Lipinski definition) is 8. The average Bonchev–Trinajstić information content (AvgIpc) is 3.58. The lowest BCUT2D eigenvalue weighted by Gasteiger charge is -2.29. The van der Waals surface area contributed by atoms with Crippen molar-refractivity contribution in [1.82, 2.24) is 18.9 Å². The Labute approximate surface area is 261 Å². The average molecular weight is 622 g/mol. The molecule has 1 fully saturated rings. The van der Waals surface area contributed by atoms with Crippen LogP contribution in [0.2, 0.25) is 0 Å². The van der Waals surface area contributed by atoms with Crippen LogP contribution in [0.25, 0.3) is 33.7 Å². The highest BCUT2D eigenvalue weighted by Crippen LogP contribution is 2.45. The van der Waals surface area contributed by atoms with Crippen molar-refractivity contribution in [2.24, 2.45) is 13.0 Å². The van der Waals surface area contributed by atoms with Crippen LogP contribution in [0.15, 0.2) is 12.1 Å². The number of ether oxygens (including phenoxy) is 2. The minimum atomic E-state index is -1.33. The summed E-state index contributed by atoms with van der Waals surface area (Å²) in [6, 6.07) is 3.42. The fourth-order valence-electron chi connectivity index (χ4n) is 6.43. The first-order valence-electron chi connectivity index (χ1n) is 15.3. The lowest BCUT2D eigenvalue weighted by Crippen LogP contribution is -2.32. The zero-order valence-corrected chi connectivity index (χ0v) is 27.3. The summed E-state index contributed by atoms with van der Waals surface area (Å²) in [4.78, 5) is 25.0. The number of halogens is 1. The number of aliphatic carboxylic acids is 1. The molecule has 9 nitrogen and oxygen atoms in total. The SMILES string of the molecule is Cc1nc2c(cc(-c3nsc(N4CCC(C)CC4)n3)n2C)c(-c2cc(F)c3c(c2C)CCCO3)c1[C@H](OC(C)(C)C)C(=O)O. The number of carboxylic acids is 1. The summed E-state index contributed by atoms with van der Waals surface area (Å²) in [6.07, 6.45) is 2.38. The Kier molecular flexibility index (Phi) is 7.90. The Morgan fingerprint density at radius 3 is 2.61 bits per heavy atom. The number of fused-ring (bicyclic) bond motifs is 2. The van der Waals surface area contributed by atoms with Crippen molar-refractivity contribution in [2.75, 3.05) is 24.6 Å². The second kappa shape index (κ2) is 11.4. The molecule has 1 N–H and O–H groups in total. The summed E-state index contributed by atoms with van der Waals surface area (Å²) in [5, 5.41) is 12.1. The van der Waals surface area contributed by atoms with Crippen molar-refractivity contribution in [1.29, 1.82) is 0 Å². The van der Waals surface area contributed by atoms with E-state index in [2.05, 4.69) is 11.8 Å². The van der Waals surface area contributed by atoms with Crippen molar-refractivity contribution >= 4 is 33.7 Å².